The number of benzene rings is 2. The van der Waals surface area contributed by atoms with Crippen molar-refractivity contribution in [1.29, 1.82) is 5.26 Å². The van der Waals surface area contributed by atoms with Gasteiger partial charge in [0.05, 0.1) is 11.6 Å². The molecule has 0 saturated carbocycles. The summed E-state index contributed by atoms with van der Waals surface area (Å²) in [4.78, 5) is 15.8. The lowest BCUT2D eigenvalue weighted by molar-refractivity contribution is 0.187. The van der Waals surface area contributed by atoms with Crippen LogP contribution in [0, 0.1) is 11.3 Å². The van der Waals surface area contributed by atoms with Crippen LogP contribution in [0.1, 0.15) is 36.4 Å². The van der Waals surface area contributed by atoms with Gasteiger partial charge in [0.2, 0.25) is 0 Å². The van der Waals surface area contributed by atoms with Crippen molar-refractivity contribution in [2.75, 3.05) is 13.6 Å². The molecule has 0 N–H and O–H groups in total. The number of likely N-dealkylation sites (tertiary alicyclic amines) is 1. The van der Waals surface area contributed by atoms with Crippen LogP contribution < -0.4 is 5.56 Å². The molecule has 1 atom stereocenters. The molecular formula is C24H23N3O. The van der Waals surface area contributed by atoms with E-state index >= 15 is 0 Å². The summed E-state index contributed by atoms with van der Waals surface area (Å²) >= 11 is 0. The third kappa shape index (κ3) is 3.37. The largest absolute Gasteiger partial charge is 0.299 e. The lowest BCUT2D eigenvalue weighted by atomic mass is 9.93. The van der Waals surface area contributed by atoms with E-state index in [4.69, 9.17) is 0 Å². The number of hydrogen-bond acceptors (Lipinski definition) is 3. The van der Waals surface area contributed by atoms with Crippen molar-refractivity contribution in [3.63, 3.8) is 0 Å². The van der Waals surface area contributed by atoms with E-state index < -0.39 is 0 Å². The fraction of sp³-hybridized carbons (Fsp3) is 0.250. The minimum absolute atomic E-state index is 0.101. The van der Waals surface area contributed by atoms with E-state index in [1.165, 1.54) is 12.8 Å². The SMILES string of the molecule is CN1CCCCC1c1cc(-c2ccccc2C#N)c(=O)n(-c2ccccc2)c1. The third-order valence-electron chi connectivity index (χ3n) is 5.57. The second-order valence-corrected chi connectivity index (χ2v) is 7.35. The summed E-state index contributed by atoms with van der Waals surface area (Å²) in [6.45, 7) is 1.05. The van der Waals surface area contributed by atoms with Crippen molar-refractivity contribution in [2.24, 2.45) is 0 Å². The summed E-state index contributed by atoms with van der Waals surface area (Å²) in [6.07, 6.45) is 5.44. The van der Waals surface area contributed by atoms with Crippen LogP contribution in [0.15, 0.2) is 71.7 Å². The van der Waals surface area contributed by atoms with Gasteiger partial charge in [-0.25, -0.2) is 0 Å². The minimum atomic E-state index is -0.101. The van der Waals surface area contributed by atoms with Gasteiger partial charge < -0.3 is 0 Å². The summed E-state index contributed by atoms with van der Waals surface area (Å²) in [5.41, 5.74) is 3.65. The number of pyridine rings is 1. The quantitative estimate of drug-likeness (QED) is 0.681. The number of aromatic nitrogens is 1. The molecule has 1 unspecified atom stereocenters. The van der Waals surface area contributed by atoms with Crippen LogP contribution in [0.3, 0.4) is 0 Å². The Morgan fingerprint density at radius 2 is 1.75 bits per heavy atom. The fourth-order valence-corrected chi connectivity index (χ4v) is 4.07. The normalized spacial score (nSPS) is 17.2. The van der Waals surface area contributed by atoms with Crippen LogP contribution in [0.5, 0.6) is 0 Å². The maximum absolute atomic E-state index is 13.4. The molecule has 28 heavy (non-hydrogen) atoms. The van der Waals surface area contributed by atoms with E-state index in [1.54, 1.807) is 10.6 Å². The number of hydrogen-bond donors (Lipinski definition) is 0. The van der Waals surface area contributed by atoms with Crippen LogP contribution in [-0.4, -0.2) is 23.1 Å². The Kier molecular flexibility index (Phi) is 5.10. The molecule has 1 fully saturated rings. The van der Waals surface area contributed by atoms with Crippen molar-refractivity contribution >= 4 is 0 Å². The average Bonchev–Trinajstić information content (AvgIpc) is 2.75. The first-order valence-electron chi connectivity index (χ1n) is 9.71. The Morgan fingerprint density at radius 1 is 1.00 bits per heavy atom. The first-order valence-corrected chi connectivity index (χ1v) is 9.71. The third-order valence-corrected chi connectivity index (χ3v) is 5.57. The maximum Gasteiger partial charge on any atom is 0.263 e. The Balaban J connectivity index is 1.96. The van der Waals surface area contributed by atoms with Gasteiger partial charge in [-0.15, -0.1) is 0 Å². The highest BCUT2D eigenvalue weighted by molar-refractivity contribution is 5.70. The molecule has 1 saturated heterocycles. The monoisotopic (exact) mass is 369 g/mol. The van der Waals surface area contributed by atoms with Crippen LogP contribution in [0.4, 0.5) is 0 Å². The van der Waals surface area contributed by atoms with Crippen LogP contribution >= 0.6 is 0 Å². The maximum atomic E-state index is 13.4. The van der Waals surface area contributed by atoms with Crippen molar-refractivity contribution in [1.82, 2.24) is 9.47 Å². The molecule has 0 spiro atoms. The molecule has 1 aromatic heterocycles. The zero-order valence-electron chi connectivity index (χ0n) is 16.0. The van der Waals surface area contributed by atoms with Gasteiger partial charge in [0.1, 0.15) is 0 Å². The van der Waals surface area contributed by atoms with Crippen molar-refractivity contribution in [3.05, 3.63) is 88.3 Å². The van der Waals surface area contributed by atoms with Gasteiger partial charge in [-0.05, 0) is 56.3 Å². The van der Waals surface area contributed by atoms with E-state index in [1.807, 2.05) is 60.8 Å². The van der Waals surface area contributed by atoms with Crippen molar-refractivity contribution < 1.29 is 0 Å². The van der Waals surface area contributed by atoms with E-state index in [9.17, 15) is 10.1 Å². The summed E-state index contributed by atoms with van der Waals surface area (Å²) in [5, 5.41) is 9.55. The summed E-state index contributed by atoms with van der Waals surface area (Å²) in [6, 6.07) is 21.5. The Hall–Kier alpha value is -3.16. The van der Waals surface area contributed by atoms with Crippen LogP contribution in [0.2, 0.25) is 0 Å². The van der Waals surface area contributed by atoms with Gasteiger partial charge in [0.25, 0.3) is 5.56 Å². The molecule has 4 nitrogen and oxygen atoms in total. The van der Waals surface area contributed by atoms with Gasteiger partial charge in [-0.2, -0.15) is 5.26 Å². The molecule has 1 aliphatic rings. The Morgan fingerprint density at radius 3 is 2.50 bits per heavy atom. The predicted octanol–water partition coefficient (Wildman–Crippen LogP) is 4.53. The molecule has 4 rings (SSSR count). The molecular weight excluding hydrogens is 346 g/mol. The highest BCUT2D eigenvalue weighted by Crippen LogP contribution is 2.32. The van der Waals surface area contributed by atoms with Crippen molar-refractivity contribution in [2.45, 2.75) is 25.3 Å². The molecule has 0 amide bonds. The standard InChI is InChI=1S/C24H23N3O/c1-26-14-8-7-13-23(26)19-15-22(21-12-6-5-9-18(21)16-25)24(28)27(17-19)20-10-3-2-4-11-20/h2-6,9-12,15,17,23H,7-8,13-14H2,1H3. The van der Waals surface area contributed by atoms with Gasteiger partial charge >= 0.3 is 0 Å². The number of para-hydroxylation sites is 1. The summed E-state index contributed by atoms with van der Waals surface area (Å²) < 4.78 is 1.72. The first-order chi connectivity index (χ1) is 13.7. The van der Waals surface area contributed by atoms with E-state index in [-0.39, 0.29) is 11.6 Å². The molecule has 0 aliphatic carbocycles. The van der Waals surface area contributed by atoms with E-state index in [2.05, 4.69) is 18.0 Å². The number of piperidine rings is 1. The van der Waals surface area contributed by atoms with Gasteiger partial charge in [0, 0.05) is 29.1 Å². The van der Waals surface area contributed by atoms with Crippen LogP contribution in [-0.2, 0) is 0 Å². The highest BCUT2D eigenvalue weighted by atomic mass is 16.1. The minimum Gasteiger partial charge on any atom is -0.299 e. The zero-order chi connectivity index (χ0) is 19.5. The lowest BCUT2D eigenvalue weighted by Gasteiger charge is -2.33. The number of nitrogens with zero attached hydrogens (tertiary/aromatic N) is 3. The van der Waals surface area contributed by atoms with E-state index in [0.717, 1.165) is 24.2 Å². The van der Waals surface area contributed by atoms with Crippen molar-refractivity contribution in [3.8, 4) is 22.9 Å². The smallest absolute Gasteiger partial charge is 0.263 e. The molecule has 1 aliphatic heterocycles. The van der Waals surface area contributed by atoms with Gasteiger partial charge in [-0.1, -0.05) is 42.8 Å². The molecule has 0 bridgehead atoms. The second kappa shape index (κ2) is 7.84. The van der Waals surface area contributed by atoms with Crippen LogP contribution in [0.25, 0.3) is 16.8 Å². The fourth-order valence-electron chi connectivity index (χ4n) is 4.07. The molecule has 2 heterocycles. The van der Waals surface area contributed by atoms with E-state index in [0.29, 0.717) is 16.7 Å². The topological polar surface area (TPSA) is 49.0 Å². The zero-order valence-corrected chi connectivity index (χ0v) is 16.0. The molecule has 4 heteroatoms. The molecule has 0 radical (unpaired) electrons. The molecule has 2 aromatic carbocycles. The molecule has 140 valence electrons. The first kappa shape index (κ1) is 18.2. The summed E-state index contributed by atoms with van der Waals surface area (Å²) in [7, 11) is 2.14. The lowest BCUT2D eigenvalue weighted by Crippen LogP contribution is -2.31. The predicted molar refractivity (Wildman–Crippen MR) is 111 cm³/mol. The summed E-state index contributed by atoms with van der Waals surface area (Å²) in [5.74, 6) is 0. The number of rotatable bonds is 3. The molecule has 3 aromatic rings. The Bertz CT molecular complexity index is 1080. The highest BCUT2D eigenvalue weighted by Gasteiger charge is 2.23. The van der Waals surface area contributed by atoms with Gasteiger partial charge in [-0.3, -0.25) is 14.3 Å². The second-order valence-electron chi connectivity index (χ2n) is 7.35. The van der Waals surface area contributed by atoms with Gasteiger partial charge in [0.15, 0.2) is 0 Å². The Labute approximate surface area is 165 Å². The number of nitriles is 1. The average molecular weight is 369 g/mol.